The lowest BCUT2D eigenvalue weighted by atomic mass is 10.2. The Hall–Kier alpha value is -0.380. The van der Waals surface area contributed by atoms with E-state index >= 15 is 0 Å². The van der Waals surface area contributed by atoms with E-state index in [1.54, 1.807) is 0 Å². The van der Waals surface area contributed by atoms with Crippen LogP contribution >= 0.6 is 15.9 Å². The summed E-state index contributed by atoms with van der Waals surface area (Å²) < 4.78 is 6.67. The van der Waals surface area contributed by atoms with Crippen LogP contribution in [0.5, 0.6) is 0 Å². The van der Waals surface area contributed by atoms with Gasteiger partial charge in [-0.25, -0.2) is 0 Å². The molecule has 2 nitrogen and oxygen atoms in total. The lowest BCUT2D eigenvalue weighted by Crippen LogP contribution is -2.22. The third kappa shape index (κ3) is 2.10. The van der Waals surface area contributed by atoms with E-state index in [1.165, 1.54) is 5.56 Å². The summed E-state index contributed by atoms with van der Waals surface area (Å²) >= 11 is 3.44. The fourth-order valence-electron chi connectivity index (χ4n) is 1.46. The van der Waals surface area contributed by atoms with Crippen LogP contribution in [0.25, 0.3) is 0 Å². The van der Waals surface area contributed by atoms with Gasteiger partial charge in [0.05, 0.1) is 6.61 Å². The van der Waals surface area contributed by atoms with Gasteiger partial charge >= 0.3 is 0 Å². The van der Waals surface area contributed by atoms with Crippen molar-refractivity contribution in [3.63, 3.8) is 0 Å². The van der Waals surface area contributed by atoms with Gasteiger partial charge in [-0.3, -0.25) is 5.32 Å². The van der Waals surface area contributed by atoms with Gasteiger partial charge in [0, 0.05) is 10.5 Å². The zero-order valence-corrected chi connectivity index (χ0v) is 9.04. The highest BCUT2D eigenvalue weighted by atomic mass is 79.9. The standard InChI is InChI=1S/C10H12BrNO/c1-7-6-13-10(12-7)8-3-2-4-9(11)5-8/h2-5,7,10,12H,6H2,1H3. The molecule has 0 spiro atoms. The third-order valence-corrected chi connectivity index (χ3v) is 2.59. The average Bonchev–Trinajstić information content (AvgIpc) is 2.52. The van der Waals surface area contributed by atoms with Crippen molar-refractivity contribution >= 4 is 15.9 Å². The van der Waals surface area contributed by atoms with Crippen molar-refractivity contribution in [3.8, 4) is 0 Å². The van der Waals surface area contributed by atoms with Crippen molar-refractivity contribution in [2.24, 2.45) is 0 Å². The molecular formula is C10H12BrNO. The molecule has 70 valence electrons. The first-order valence-corrected chi connectivity index (χ1v) is 5.18. The van der Waals surface area contributed by atoms with Gasteiger partial charge in [-0.1, -0.05) is 28.1 Å². The highest BCUT2D eigenvalue weighted by molar-refractivity contribution is 9.10. The summed E-state index contributed by atoms with van der Waals surface area (Å²) in [5.74, 6) is 0. The van der Waals surface area contributed by atoms with Gasteiger partial charge in [0.1, 0.15) is 6.23 Å². The maximum absolute atomic E-state index is 5.57. The Labute approximate surface area is 86.4 Å². The zero-order valence-electron chi connectivity index (χ0n) is 7.46. The quantitative estimate of drug-likeness (QED) is 0.816. The number of rotatable bonds is 1. The molecule has 3 heteroatoms. The Bertz CT molecular complexity index is 303. The van der Waals surface area contributed by atoms with Crippen LogP contribution in [0.3, 0.4) is 0 Å². The summed E-state index contributed by atoms with van der Waals surface area (Å²) in [5.41, 5.74) is 1.18. The van der Waals surface area contributed by atoms with Crippen LogP contribution in [0.4, 0.5) is 0 Å². The molecule has 1 aromatic rings. The highest BCUT2D eigenvalue weighted by Gasteiger charge is 2.21. The van der Waals surface area contributed by atoms with E-state index in [0.717, 1.165) is 11.1 Å². The first-order chi connectivity index (χ1) is 6.25. The Morgan fingerprint density at radius 1 is 1.54 bits per heavy atom. The van der Waals surface area contributed by atoms with E-state index in [1.807, 2.05) is 12.1 Å². The second-order valence-electron chi connectivity index (χ2n) is 3.34. The van der Waals surface area contributed by atoms with Gasteiger partial charge in [0.2, 0.25) is 0 Å². The molecule has 0 aliphatic carbocycles. The van der Waals surface area contributed by atoms with Crippen molar-refractivity contribution in [3.05, 3.63) is 34.3 Å². The van der Waals surface area contributed by atoms with E-state index in [-0.39, 0.29) is 6.23 Å². The average molecular weight is 242 g/mol. The fourth-order valence-corrected chi connectivity index (χ4v) is 1.87. The molecule has 2 rings (SSSR count). The van der Waals surface area contributed by atoms with Crippen molar-refractivity contribution in [1.82, 2.24) is 5.32 Å². The summed E-state index contributed by atoms with van der Waals surface area (Å²) in [5, 5.41) is 3.35. The molecule has 1 aliphatic heterocycles. The van der Waals surface area contributed by atoms with Crippen molar-refractivity contribution in [2.75, 3.05) is 6.61 Å². The Morgan fingerprint density at radius 2 is 2.38 bits per heavy atom. The summed E-state index contributed by atoms with van der Waals surface area (Å²) in [7, 11) is 0. The summed E-state index contributed by atoms with van der Waals surface area (Å²) in [6.07, 6.45) is 0.0625. The smallest absolute Gasteiger partial charge is 0.134 e. The molecule has 1 aliphatic rings. The first-order valence-electron chi connectivity index (χ1n) is 4.39. The lowest BCUT2D eigenvalue weighted by molar-refractivity contribution is 0.101. The van der Waals surface area contributed by atoms with Crippen LogP contribution in [0.1, 0.15) is 18.7 Å². The summed E-state index contributed by atoms with van der Waals surface area (Å²) in [6.45, 7) is 2.91. The molecular weight excluding hydrogens is 230 g/mol. The predicted octanol–water partition coefficient (Wildman–Crippen LogP) is 2.46. The van der Waals surface area contributed by atoms with Crippen LogP contribution in [-0.2, 0) is 4.74 Å². The molecule has 1 saturated heterocycles. The van der Waals surface area contributed by atoms with E-state index < -0.39 is 0 Å². The molecule has 1 aromatic carbocycles. The summed E-state index contributed by atoms with van der Waals surface area (Å²) in [4.78, 5) is 0. The van der Waals surface area contributed by atoms with Crippen LogP contribution in [-0.4, -0.2) is 12.6 Å². The van der Waals surface area contributed by atoms with E-state index in [4.69, 9.17) is 4.74 Å². The first kappa shape index (κ1) is 9.19. The van der Waals surface area contributed by atoms with E-state index in [9.17, 15) is 0 Å². The molecule has 1 fully saturated rings. The number of benzene rings is 1. The SMILES string of the molecule is CC1COC(c2cccc(Br)c2)N1. The van der Waals surface area contributed by atoms with Gasteiger partial charge in [-0.05, 0) is 24.6 Å². The monoisotopic (exact) mass is 241 g/mol. The summed E-state index contributed by atoms with van der Waals surface area (Å²) in [6, 6.07) is 8.63. The van der Waals surface area contributed by atoms with Crippen LogP contribution in [0, 0.1) is 0 Å². The minimum absolute atomic E-state index is 0.0625. The number of ether oxygens (including phenoxy) is 1. The lowest BCUT2D eigenvalue weighted by Gasteiger charge is -2.10. The number of nitrogens with one attached hydrogen (secondary N) is 1. The predicted molar refractivity (Wildman–Crippen MR) is 55.4 cm³/mol. The topological polar surface area (TPSA) is 21.3 Å². The highest BCUT2D eigenvalue weighted by Crippen LogP contribution is 2.22. The Morgan fingerprint density at radius 3 is 3.00 bits per heavy atom. The van der Waals surface area contributed by atoms with E-state index in [0.29, 0.717) is 6.04 Å². The van der Waals surface area contributed by atoms with Crippen molar-refractivity contribution in [1.29, 1.82) is 0 Å². The minimum Gasteiger partial charge on any atom is -0.357 e. The second kappa shape index (κ2) is 3.78. The van der Waals surface area contributed by atoms with Gasteiger partial charge in [0.15, 0.2) is 0 Å². The zero-order chi connectivity index (χ0) is 9.26. The van der Waals surface area contributed by atoms with Crippen molar-refractivity contribution < 1.29 is 4.74 Å². The fraction of sp³-hybridized carbons (Fsp3) is 0.400. The molecule has 1 heterocycles. The van der Waals surface area contributed by atoms with Gasteiger partial charge in [0.25, 0.3) is 0 Å². The van der Waals surface area contributed by atoms with Crippen LogP contribution < -0.4 is 5.32 Å². The molecule has 0 bridgehead atoms. The van der Waals surface area contributed by atoms with Gasteiger partial charge in [-0.2, -0.15) is 0 Å². The maximum atomic E-state index is 5.57. The number of hydrogen-bond acceptors (Lipinski definition) is 2. The van der Waals surface area contributed by atoms with Gasteiger partial charge in [-0.15, -0.1) is 0 Å². The molecule has 0 radical (unpaired) electrons. The molecule has 0 saturated carbocycles. The molecule has 2 unspecified atom stereocenters. The van der Waals surface area contributed by atoms with E-state index in [2.05, 4.69) is 40.3 Å². The number of hydrogen-bond donors (Lipinski definition) is 1. The molecule has 0 aromatic heterocycles. The molecule has 0 amide bonds. The second-order valence-corrected chi connectivity index (χ2v) is 4.25. The number of halogens is 1. The molecule has 1 N–H and O–H groups in total. The maximum Gasteiger partial charge on any atom is 0.134 e. The third-order valence-electron chi connectivity index (χ3n) is 2.10. The van der Waals surface area contributed by atoms with Crippen LogP contribution in [0.15, 0.2) is 28.7 Å². The van der Waals surface area contributed by atoms with Gasteiger partial charge < -0.3 is 4.74 Å². The normalized spacial score (nSPS) is 27.8. The van der Waals surface area contributed by atoms with Crippen LogP contribution in [0.2, 0.25) is 0 Å². The molecule has 2 atom stereocenters. The largest absolute Gasteiger partial charge is 0.357 e. The van der Waals surface area contributed by atoms with Crippen molar-refractivity contribution in [2.45, 2.75) is 19.2 Å². The minimum atomic E-state index is 0.0625. The molecule has 13 heavy (non-hydrogen) atoms. The Balaban J connectivity index is 2.16. The Kier molecular flexibility index (Phi) is 2.67.